The molecule has 0 aliphatic rings. The zero-order chi connectivity index (χ0) is 21.0. The van der Waals surface area contributed by atoms with Gasteiger partial charge in [-0.1, -0.05) is 64.5 Å². The Morgan fingerprint density at radius 1 is 1.21 bits per heavy atom. The standard InChI is InChI=1S/C21H22ClN3O2S2/c1-12-6-5-7-16(8-12)11-28-21-25-24-20(29-21)23-19(26)15(4)27-17-9-13(2)18(22)14(3)10-17/h5-10,15H,11H2,1-4H3,(H,23,24,26). The van der Waals surface area contributed by atoms with Gasteiger partial charge in [-0.25, -0.2) is 0 Å². The smallest absolute Gasteiger partial charge is 0.266 e. The molecule has 5 nitrogen and oxygen atoms in total. The highest BCUT2D eigenvalue weighted by atomic mass is 35.5. The molecule has 0 fully saturated rings. The first-order valence-corrected chi connectivity index (χ1v) is 11.3. The lowest BCUT2D eigenvalue weighted by Gasteiger charge is -2.15. The van der Waals surface area contributed by atoms with Crippen LogP contribution in [0.15, 0.2) is 40.7 Å². The SMILES string of the molecule is Cc1cccc(CSc2nnc(NC(=O)C(C)Oc3cc(C)c(Cl)c(C)c3)s2)c1. The van der Waals surface area contributed by atoms with E-state index in [-0.39, 0.29) is 5.91 Å². The van der Waals surface area contributed by atoms with Crippen LogP contribution in [-0.2, 0) is 10.5 Å². The first-order valence-electron chi connectivity index (χ1n) is 9.08. The van der Waals surface area contributed by atoms with Gasteiger partial charge in [-0.15, -0.1) is 10.2 Å². The van der Waals surface area contributed by atoms with E-state index in [4.69, 9.17) is 16.3 Å². The predicted octanol–water partition coefficient (Wildman–Crippen LogP) is 5.82. The number of aryl methyl sites for hydroxylation is 3. The summed E-state index contributed by atoms with van der Waals surface area (Å²) in [5, 5.41) is 12.1. The number of amides is 1. The fraction of sp³-hybridized carbons (Fsp3) is 0.286. The highest BCUT2D eigenvalue weighted by molar-refractivity contribution is 8.00. The van der Waals surface area contributed by atoms with Crippen LogP contribution in [-0.4, -0.2) is 22.2 Å². The van der Waals surface area contributed by atoms with Crippen molar-refractivity contribution in [2.24, 2.45) is 0 Å². The Kier molecular flexibility index (Phi) is 7.16. The van der Waals surface area contributed by atoms with Crippen LogP contribution in [0.1, 0.15) is 29.2 Å². The van der Waals surface area contributed by atoms with Crippen LogP contribution in [0.2, 0.25) is 5.02 Å². The third-order valence-electron chi connectivity index (χ3n) is 4.17. The lowest BCUT2D eigenvalue weighted by Crippen LogP contribution is -2.30. The predicted molar refractivity (Wildman–Crippen MR) is 120 cm³/mol. The molecule has 1 unspecified atom stereocenters. The summed E-state index contributed by atoms with van der Waals surface area (Å²) in [4.78, 5) is 12.4. The van der Waals surface area contributed by atoms with Crippen molar-refractivity contribution in [3.63, 3.8) is 0 Å². The van der Waals surface area contributed by atoms with Gasteiger partial charge in [0.2, 0.25) is 5.13 Å². The van der Waals surface area contributed by atoms with Gasteiger partial charge in [-0.3, -0.25) is 10.1 Å². The highest BCUT2D eigenvalue weighted by Crippen LogP contribution is 2.29. The average molecular weight is 448 g/mol. The number of hydrogen-bond acceptors (Lipinski definition) is 6. The molecule has 0 aliphatic heterocycles. The topological polar surface area (TPSA) is 64.1 Å². The van der Waals surface area contributed by atoms with Crippen LogP contribution in [0.25, 0.3) is 0 Å². The van der Waals surface area contributed by atoms with Crippen molar-refractivity contribution >= 4 is 45.7 Å². The minimum absolute atomic E-state index is 0.276. The molecule has 0 bridgehead atoms. The van der Waals surface area contributed by atoms with Gasteiger partial charge >= 0.3 is 0 Å². The number of hydrogen-bond donors (Lipinski definition) is 1. The number of nitrogens with zero attached hydrogens (tertiary/aromatic N) is 2. The van der Waals surface area contributed by atoms with Gasteiger partial charge in [0.25, 0.3) is 5.91 Å². The van der Waals surface area contributed by atoms with Crippen LogP contribution in [0.4, 0.5) is 5.13 Å². The monoisotopic (exact) mass is 447 g/mol. The molecule has 1 heterocycles. The van der Waals surface area contributed by atoms with E-state index >= 15 is 0 Å². The second-order valence-electron chi connectivity index (χ2n) is 6.77. The molecule has 152 valence electrons. The van der Waals surface area contributed by atoms with Crippen molar-refractivity contribution in [1.29, 1.82) is 0 Å². The summed E-state index contributed by atoms with van der Waals surface area (Å²) in [5.74, 6) is 1.14. The lowest BCUT2D eigenvalue weighted by molar-refractivity contribution is -0.122. The maximum absolute atomic E-state index is 12.4. The van der Waals surface area contributed by atoms with Gasteiger partial charge < -0.3 is 4.74 Å². The Hall–Kier alpha value is -2.09. The molecular weight excluding hydrogens is 426 g/mol. The van der Waals surface area contributed by atoms with Crippen LogP contribution in [0, 0.1) is 20.8 Å². The molecular formula is C21H22ClN3O2S2. The number of nitrogens with one attached hydrogen (secondary N) is 1. The van der Waals surface area contributed by atoms with E-state index in [1.54, 1.807) is 18.7 Å². The second-order valence-corrected chi connectivity index (χ2v) is 9.35. The molecule has 0 aliphatic carbocycles. The molecule has 1 atom stereocenters. The Morgan fingerprint density at radius 2 is 1.93 bits per heavy atom. The van der Waals surface area contributed by atoms with E-state index in [9.17, 15) is 4.79 Å². The summed E-state index contributed by atoms with van der Waals surface area (Å²) >= 11 is 9.13. The first kappa shape index (κ1) is 21.6. The van der Waals surface area contributed by atoms with Crippen LogP contribution < -0.4 is 10.1 Å². The summed E-state index contributed by atoms with van der Waals surface area (Å²) < 4.78 is 6.57. The quantitative estimate of drug-likeness (QED) is 0.365. The number of thioether (sulfide) groups is 1. The van der Waals surface area contributed by atoms with Gasteiger partial charge in [0.1, 0.15) is 5.75 Å². The number of benzene rings is 2. The molecule has 3 aromatic rings. The Morgan fingerprint density at radius 3 is 2.62 bits per heavy atom. The third-order valence-corrected chi connectivity index (χ3v) is 6.81. The van der Waals surface area contributed by atoms with E-state index in [1.165, 1.54) is 22.5 Å². The third kappa shape index (κ3) is 5.95. The maximum Gasteiger partial charge on any atom is 0.266 e. The summed E-state index contributed by atoms with van der Waals surface area (Å²) in [6, 6.07) is 12.0. The van der Waals surface area contributed by atoms with Crippen LogP contribution >= 0.6 is 34.7 Å². The summed E-state index contributed by atoms with van der Waals surface area (Å²) in [7, 11) is 0. The van der Waals surface area contributed by atoms with Gasteiger partial charge in [0.15, 0.2) is 10.4 Å². The van der Waals surface area contributed by atoms with Crippen molar-refractivity contribution in [2.45, 2.75) is 43.9 Å². The van der Waals surface area contributed by atoms with Crippen molar-refractivity contribution in [3.8, 4) is 5.75 Å². The molecule has 1 amide bonds. The number of anilines is 1. The number of carbonyl (C=O) groups excluding carboxylic acids is 1. The van der Waals surface area contributed by atoms with Crippen molar-refractivity contribution in [3.05, 3.63) is 63.7 Å². The van der Waals surface area contributed by atoms with E-state index in [2.05, 4.69) is 40.6 Å². The molecule has 0 radical (unpaired) electrons. The number of rotatable bonds is 7. The van der Waals surface area contributed by atoms with Gasteiger partial charge in [0.05, 0.1) is 0 Å². The maximum atomic E-state index is 12.4. The lowest BCUT2D eigenvalue weighted by atomic mass is 10.1. The number of halogens is 1. The fourth-order valence-electron chi connectivity index (χ4n) is 2.70. The Bertz CT molecular complexity index is 1000. The molecule has 2 aromatic carbocycles. The molecule has 1 N–H and O–H groups in total. The van der Waals surface area contributed by atoms with Crippen molar-refractivity contribution in [2.75, 3.05) is 5.32 Å². The van der Waals surface area contributed by atoms with E-state index in [0.29, 0.717) is 15.9 Å². The molecule has 1 aromatic heterocycles. The minimum Gasteiger partial charge on any atom is -0.481 e. The van der Waals surface area contributed by atoms with Gasteiger partial charge in [-0.2, -0.15) is 0 Å². The molecule has 8 heteroatoms. The van der Waals surface area contributed by atoms with E-state index < -0.39 is 6.10 Å². The van der Waals surface area contributed by atoms with Crippen LogP contribution in [0.3, 0.4) is 0 Å². The van der Waals surface area contributed by atoms with Crippen molar-refractivity contribution < 1.29 is 9.53 Å². The first-order chi connectivity index (χ1) is 13.8. The molecule has 29 heavy (non-hydrogen) atoms. The van der Waals surface area contributed by atoms with Gasteiger partial charge in [-0.05, 0) is 56.5 Å². The summed E-state index contributed by atoms with van der Waals surface area (Å²) in [6.45, 7) is 7.58. The fourth-order valence-corrected chi connectivity index (χ4v) is 4.51. The molecule has 3 rings (SSSR count). The zero-order valence-electron chi connectivity index (χ0n) is 16.7. The Balaban J connectivity index is 1.55. The molecule has 0 saturated heterocycles. The van der Waals surface area contributed by atoms with Crippen LogP contribution in [0.5, 0.6) is 5.75 Å². The molecule has 0 spiro atoms. The highest BCUT2D eigenvalue weighted by Gasteiger charge is 2.18. The Labute approximate surface area is 183 Å². The van der Waals surface area contributed by atoms with Gasteiger partial charge in [0, 0.05) is 10.8 Å². The minimum atomic E-state index is -0.678. The summed E-state index contributed by atoms with van der Waals surface area (Å²) in [6.07, 6.45) is -0.678. The number of carbonyl (C=O) groups is 1. The van der Waals surface area contributed by atoms with Crippen molar-refractivity contribution in [1.82, 2.24) is 10.2 Å². The number of aromatic nitrogens is 2. The average Bonchev–Trinajstić information content (AvgIpc) is 3.11. The normalized spacial score (nSPS) is 11.9. The van der Waals surface area contributed by atoms with E-state index in [1.807, 2.05) is 32.0 Å². The molecule has 0 saturated carbocycles. The second kappa shape index (κ2) is 9.61. The zero-order valence-corrected chi connectivity index (χ0v) is 19.0. The number of ether oxygens (including phenoxy) is 1. The largest absolute Gasteiger partial charge is 0.481 e. The summed E-state index contributed by atoms with van der Waals surface area (Å²) in [5.41, 5.74) is 4.28. The van der Waals surface area contributed by atoms with E-state index in [0.717, 1.165) is 21.2 Å².